The molecule has 0 bridgehead atoms. The number of aryl methyl sites for hydroxylation is 3. The summed E-state index contributed by atoms with van der Waals surface area (Å²) >= 11 is 0. The molecule has 26 heavy (non-hydrogen) atoms. The zero-order valence-electron chi connectivity index (χ0n) is 15.4. The van der Waals surface area contributed by atoms with E-state index in [1.807, 2.05) is 13.0 Å². The van der Waals surface area contributed by atoms with Gasteiger partial charge >= 0.3 is 0 Å². The molecule has 0 radical (unpaired) electrons. The highest BCUT2D eigenvalue weighted by Gasteiger charge is 2.19. The third kappa shape index (κ3) is 3.27. The second-order valence-electron chi connectivity index (χ2n) is 6.71. The summed E-state index contributed by atoms with van der Waals surface area (Å²) in [6.45, 7) is 5.17. The SMILES string of the molecule is CCc1ccccc1Nc1nc(C)cc(N2CCCc3ccccc32)n1. The molecule has 0 amide bonds. The van der Waals surface area contributed by atoms with Crippen LogP contribution in [0.4, 0.5) is 23.1 Å². The predicted molar refractivity (Wildman–Crippen MR) is 108 cm³/mol. The maximum absolute atomic E-state index is 4.83. The van der Waals surface area contributed by atoms with Crippen molar-refractivity contribution in [3.8, 4) is 0 Å². The lowest BCUT2D eigenvalue weighted by Crippen LogP contribution is -2.25. The van der Waals surface area contributed by atoms with Gasteiger partial charge in [-0.25, -0.2) is 4.98 Å². The van der Waals surface area contributed by atoms with Gasteiger partial charge in [-0.2, -0.15) is 4.98 Å². The minimum Gasteiger partial charge on any atom is -0.326 e. The molecule has 4 nitrogen and oxygen atoms in total. The van der Waals surface area contributed by atoms with Crippen molar-refractivity contribution < 1.29 is 0 Å². The van der Waals surface area contributed by atoms with E-state index in [0.29, 0.717) is 5.95 Å². The lowest BCUT2D eigenvalue weighted by atomic mass is 10.0. The lowest BCUT2D eigenvalue weighted by molar-refractivity contribution is 0.758. The molecule has 1 aliphatic rings. The summed E-state index contributed by atoms with van der Waals surface area (Å²) in [5.74, 6) is 1.62. The zero-order chi connectivity index (χ0) is 17.9. The van der Waals surface area contributed by atoms with E-state index >= 15 is 0 Å². The fourth-order valence-electron chi connectivity index (χ4n) is 3.59. The normalized spacial score (nSPS) is 13.4. The second kappa shape index (κ2) is 7.16. The fourth-order valence-corrected chi connectivity index (χ4v) is 3.59. The fraction of sp³-hybridized carbons (Fsp3) is 0.273. The van der Waals surface area contributed by atoms with E-state index in [4.69, 9.17) is 4.98 Å². The molecule has 0 saturated carbocycles. The van der Waals surface area contributed by atoms with Crippen molar-refractivity contribution in [1.82, 2.24) is 9.97 Å². The topological polar surface area (TPSA) is 41.1 Å². The monoisotopic (exact) mass is 344 g/mol. The first-order valence-electron chi connectivity index (χ1n) is 9.30. The molecule has 4 rings (SSSR count). The maximum Gasteiger partial charge on any atom is 0.229 e. The Morgan fingerprint density at radius 2 is 1.85 bits per heavy atom. The predicted octanol–water partition coefficient (Wildman–Crippen LogP) is 5.18. The summed E-state index contributed by atoms with van der Waals surface area (Å²) < 4.78 is 0. The van der Waals surface area contributed by atoms with Gasteiger partial charge in [0, 0.05) is 29.7 Å². The van der Waals surface area contributed by atoms with E-state index in [0.717, 1.165) is 43.0 Å². The Morgan fingerprint density at radius 1 is 1.04 bits per heavy atom. The molecule has 0 saturated heterocycles. The molecular weight excluding hydrogens is 320 g/mol. The van der Waals surface area contributed by atoms with Gasteiger partial charge in [-0.3, -0.25) is 0 Å². The van der Waals surface area contributed by atoms with Crippen molar-refractivity contribution in [2.75, 3.05) is 16.8 Å². The van der Waals surface area contributed by atoms with E-state index in [9.17, 15) is 0 Å². The van der Waals surface area contributed by atoms with Crippen molar-refractivity contribution in [2.45, 2.75) is 33.1 Å². The van der Waals surface area contributed by atoms with Crippen LogP contribution >= 0.6 is 0 Å². The zero-order valence-corrected chi connectivity index (χ0v) is 15.4. The van der Waals surface area contributed by atoms with Gasteiger partial charge in [-0.05, 0) is 49.4 Å². The van der Waals surface area contributed by atoms with Crippen molar-refractivity contribution >= 4 is 23.1 Å². The Morgan fingerprint density at radius 3 is 2.73 bits per heavy atom. The number of aromatic nitrogens is 2. The molecule has 0 atom stereocenters. The minimum absolute atomic E-state index is 0.656. The quantitative estimate of drug-likeness (QED) is 0.708. The van der Waals surface area contributed by atoms with Gasteiger partial charge in [0.25, 0.3) is 0 Å². The average Bonchev–Trinajstić information content (AvgIpc) is 2.67. The summed E-state index contributed by atoms with van der Waals surface area (Å²) in [6, 6.07) is 19.0. The van der Waals surface area contributed by atoms with E-state index in [2.05, 4.69) is 70.7 Å². The van der Waals surface area contributed by atoms with Crippen molar-refractivity contribution in [1.29, 1.82) is 0 Å². The summed E-state index contributed by atoms with van der Waals surface area (Å²) in [7, 11) is 0. The number of nitrogens with one attached hydrogen (secondary N) is 1. The summed E-state index contributed by atoms with van der Waals surface area (Å²) in [5.41, 5.74) is 5.96. The number of nitrogens with zero attached hydrogens (tertiary/aromatic N) is 3. The van der Waals surface area contributed by atoms with E-state index in [-0.39, 0.29) is 0 Å². The van der Waals surface area contributed by atoms with Gasteiger partial charge in [-0.15, -0.1) is 0 Å². The van der Waals surface area contributed by atoms with Crippen LogP contribution in [0.2, 0.25) is 0 Å². The molecule has 132 valence electrons. The van der Waals surface area contributed by atoms with Crippen LogP contribution in [0.15, 0.2) is 54.6 Å². The van der Waals surface area contributed by atoms with Gasteiger partial charge in [-0.1, -0.05) is 43.3 Å². The average molecular weight is 344 g/mol. The smallest absolute Gasteiger partial charge is 0.229 e. The Hall–Kier alpha value is -2.88. The summed E-state index contributed by atoms with van der Waals surface area (Å²) in [4.78, 5) is 11.7. The highest BCUT2D eigenvalue weighted by atomic mass is 15.2. The van der Waals surface area contributed by atoms with E-state index in [1.54, 1.807) is 0 Å². The third-order valence-electron chi connectivity index (χ3n) is 4.87. The van der Waals surface area contributed by atoms with Crippen LogP contribution in [0, 0.1) is 6.92 Å². The first-order chi connectivity index (χ1) is 12.7. The Kier molecular flexibility index (Phi) is 4.57. The molecule has 0 spiro atoms. The summed E-state index contributed by atoms with van der Waals surface area (Å²) in [6.07, 6.45) is 3.24. The maximum atomic E-state index is 4.83. The van der Waals surface area contributed by atoms with Crippen molar-refractivity contribution in [3.05, 3.63) is 71.4 Å². The number of hydrogen-bond acceptors (Lipinski definition) is 4. The highest BCUT2D eigenvalue weighted by Crippen LogP contribution is 2.33. The van der Waals surface area contributed by atoms with Crippen molar-refractivity contribution in [2.24, 2.45) is 0 Å². The van der Waals surface area contributed by atoms with Gasteiger partial charge < -0.3 is 10.2 Å². The van der Waals surface area contributed by atoms with Crippen LogP contribution in [0.5, 0.6) is 0 Å². The number of fused-ring (bicyclic) bond motifs is 1. The molecule has 0 aliphatic carbocycles. The third-order valence-corrected chi connectivity index (χ3v) is 4.87. The van der Waals surface area contributed by atoms with Gasteiger partial charge in [0.2, 0.25) is 5.95 Å². The van der Waals surface area contributed by atoms with Crippen LogP contribution in [-0.2, 0) is 12.8 Å². The Labute approximate surface area is 154 Å². The largest absolute Gasteiger partial charge is 0.326 e. The first kappa shape index (κ1) is 16.6. The van der Waals surface area contributed by atoms with Gasteiger partial charge in [0.15, 0.2) is 0 Å². The van der Waals surface area contributed by atoms with Gasteiger partial charge in [0.1, 0.15) is 5.82 Å². The van der Waals surface area contributed by atoms with Crippen molar-refractivity contribution in [3.63, 3.8) is 0 Å². The minimum atomic E-state index is 0.656. The Balaban J connectivity index is 1.70. The lowest BCUT2D eigenvalue weighted by Gasteiger charge is -2.30. The molecule has 1 aliphatic heterocycles. The van der Waals surface area contributed by atoms with Crippen LogP contribution in [-0.4, -0.2) is 16.5 Å². The molecule has 1 N–H and O–H groups in total. The molecule has 4 heteroatoms. The molecule has 2 heterocycles. The van der Waals surface area contributed by atoms with Crippen LogP contribution in [0.25, 0.3) is 0 Å². The van der Waals surface area contributed by atoms with Crippen LogP contribution in [0.3, 0.4) is 0 Å². The molecular formula is C22H24N4. The molecule has 1 aromatic heterocycles. The first-order valence-corrected chi connectivity index (χ1v) is 9.30. The molecule has 3 aromatic rings. The Bertz CT molecular complexity index is 920. The van der Waals surface area contributed by atoms with Gasteiger partial charge in [0.05, 0.1) is 0 Å². The van der Waals surface area contributed by atoms with E-state index in [1.165, 1.54) is 16.8 Å². The number of rotatable bonds is 4. The van der Waals surface area contributed by atoms with E-state index < -0.39 is 0 Å². The molecule has 2 aromatic carbocycles. The molecule has 0 unspecified atom stereocenters. The number of benzene rings is 2. The summed E-state index contributed by atoms with van der Waals surface area (Å²) in [5, 5.41) is 3.42. The number of hydrogen-bond donors (Lipinski definition) is 1. The highest BCUT2D eigenvalue weighted by molar-refractivity contribution is 5.67. The molecule has 0 fully saturated rings. The van der Waals surface area contributed by atoms with Crippen LogP contribution < -0.4 is 10.2 Å². The second-order valence-corrected chi connectivity index (χ2v) is 6.71. The number of anilines is 4. The van der Waals surface area contributed by atoms with Crippen LogP contribution in [0.1, 0.15) is 30.2 Å². The number of para-hydroxylation sites is 2. The standard InChI is InChI=1S/C22H24N4/c1-3-17-9-4-6-12-19(17)24-22-23-16(2)15-21(25-22)26-14-8-11-18-10-5-7-13-20(18)26/h4-7,9-10,12-13,15H,3,8,11,14H2,1-2H3,(H,23,24,25).